The molecule has 3 aromatic carbocycles. The van der Waals surface area contributed by atoms with Crippen LogP contribution >= 0.6 is 24.8 Å². The number of halogens is 1. The van der Waals surface area contributed by atoms with Gasteiger partial charge in [-0.25, -0.2) is 0 Å². The maximum atomic E-state index is 14.9. The summed E-state index contributed by atoms with van der Waals surface area (Å²) in [5, 5.41) is 12.5. The van der Waals surface area contributed by atoms with Gasteiger partial charge in [0.2, 0.25) is 0 Å². The molecule has 36 heavy (non-hydrogen) atoms. The van der Waals surface area contributed by atoms with Gasteiger partial charge in [-0.1, -0.05) is 48.4 Å². The fourth-order valence-corrected chi connectivity index (χ4v) is 5.20. The zero-order chi connectivity index (χ0) is 24.2. The smallest absolute Gasteiger partial charge is 0.185 e. The van der Waals surface area contributed by atoms with E-state index in [0.717, 1.165) is 43.8 Å². The summed E-state index contributed by atoms with van der Waals surface area (Å²) in [4.78, 5) is 0. The van der Waals surface area contributed by atoms with E-state index < -0.39 is 0 Å². The molecule has 5 rings (SSSR count). The first-order chi connectivity index (χ1) is 17.1. The minimum absolute atomic E-state index is 0. The Morgan fingerprint density at radius 2 is 1.89 bits per heavy atom. The molecule has 0 amide bonds. The van der Waals surface area contributed by atoms with Gasteiger partial charge in [0.15, 0.2) is 5.13 Å². The van der Waals surface area contributed by atoms with E-state index in [1.807, 2.05) is 80.6 Å². The summed E-state index contributed by atoms with van der Waals surface area (Å²) >= 11 is 1.19. The summed E-state index contributed by atoms with van der Waals surface area (Å²) in [5.74, 6) is 7.10. The molecule has 7 heteroatoms. The lowest BCUT2D eigenvalue weighted by Crippen LogP contribution is -2.07. The zero-order valence-corrected chi connectivity index (χ0v) is 21.9. The molecule has 0 bridgehead atoms. The van der Waals surface area contributed by atoms with E-state index in [2.05, 4.69) is 27.3 Å². The average Bonchev–Trinajstić information content (AvgIpc) is 3.50. The van der Waals surface area contributed by atoms with Crippen molar-refractivity contribution < 1.29 is 9.13 Å². The highest BCUT2D eigenvalue weighted by Crippen LogP contribution is 2.39. The molecule has 0 spiro atoms. The van der Waals surface area contributed by atoms with E-state index in [0.29, 0.717) is 25.1 Å². The van der Waals surface area contributed by atoms with E-state index in [4.69, 9.17) is 4.74 Å². The summed E-state index contributed by atoms with van der Waals surface area (Å²) in [6.45, 7) is 4.80. The Kier molecular flexibility index (Phi) is 8.19. The summed E-state index contributed by atoms with van der Waals surface area (Å²) < 4.78 is 21.9. The molecule has 1 aromatic heterocycles. The predicted octanol–water partition coefficient (Wildman–Crippen LogP) is 8.03. The second-order valence-electron chi connectivity index (χ2n) is 8.46. The topological polar surface area (TPSA) is 46.3 Å². The van der Waals surface area contributed by atoms with Gasteiger partial charge in [0.25, 0.3) is 0 Å². The third-order valence-corrected chi connectivity index (χ3v) is 7.03. The van der Waals surface area contributed by atoms with Crippen LogP contribution in [-0.2, 0) is 6.61 Å². The largest absolute Gasteiger partial charge is 0.489 e. The SMILES string of the molecule is CC#C[C@@H](CC1=NN=NC1)c1ccc(OCc2ccc3sc(F)c(-c4ccccc4C)c3c2)cc1.S. The molecular formula is C29H26FN3OS2. The third-order valence-electron chi connectivity index (χ3n) is 6.07. The van der Waals surface area contributed by atoms with E-state index in [9.17, 15) is 4.39 Å². The molecule has 0 radical (unpaired) electrons. The lowest BCUT2D eigenvalue weighted by molar-refractivity contribution is 0.306. The number of rotatable bonds is 7. The van der Waals surface area contributed by atoms with Crippen LogP contribution in [0.25, 0.3) is 21.2 Å². The van der Waals surface area contributed by atoms with Crippen molar-refractivity contribution in [2.45, 2.75) is 32.8 Å². The van der Waals surface area contributed by atoms with Crippen molar-refractivity contribution in [2.24, 2.45) is 15.4 Å². The van der Waals surface area contributed by atoms with E-state index in [1.165, 1.54) is 11.3 Å². The molecule has 1 aliphatic rings. The monoisotopic (exact) mass is 515 g/mol. The summed E-state index contributed by atoms with van der Waals surface area (Å²) in [5.41, 5.74) is 5.71. The van der Waals surface area contributed by atoms with Crippen LogP contribution in [0.1, 0.15) is 36.0 Å². The summed E-state index contributed by atoms with van der Waals surface area (Å²) in [6, 6.07) is 21.9. The molecule has 1 aliphatic heterocycles. The quantitative estimate of drug-likeness (QED) is 0.230. The van der Waals surface area contributed by atoms with Crippen molar-refractivity contribution in [3.8, 4) is 28.7 Å². The third kappa shape index (κ3) is 5.51. The number of fused-ring (bicyclic) bond motifs is 1. The van der Waals surface area contributed by atoms with Gasteiger partial charge in [0.1, 0.15) is 18.9 Å². The standard InChI is InChI=1S/C29H24FN3OS.H2S/c1-3-6-22(16-23-17-31-33-32-23)21-10-12-24(13-11-21)34-18-20-9-14-27-26(15-20)28(29(30)35-27)25-8-5-4-7-19(25)2;/h4-5,7-15,22H,16-18H2,1-2H3;1H2/t22-;/m0./s1. The van der Waals surface area contributed by atoms with Gasteiger partial charge >= 0.3 is 0 Å². The van der Waals surface area contributed by atoms with Gasteiger partial charge in [0, 0.05) is 22.1 Å². The number of ether oxygens (including phenoxy) is 1. The second kappa shape index (κ2) is 11.5. The summed E-state index contributed by atoms with van der Waals surface area (Å²) in [7, 11) is 0. The number of hydrogen-bond acceptors (Lipinski definition) is 5. The van der Waals surface area contributed by atoms with Crippen molar-refractivity contribution in [3.63, 3.8) is 0 Å². The molecule has 0 saturated heterocycles. The average molecular weight is 516 g/mol. The Bertz CT molecular complexity index is 1500. The molecule has 182 valence electrons. The lowest BCUT2D eigenvalue weighted by Gasteiger charge is -2.12. The molecule has 4 aromatic rings. The van der Waals surface area contributed by atoms with Crippen LogP contribution < -0.4 is 4.74 Å². The van der Waals surface area contributed by atoms with Crippen molar-refractivity contribution in [2.75, 3.05) is 6.54 Å². The molecular weight excluding hydrogens is 489 g/mol. The van der Waals surface area contributed by atoms with E-state index in [1.54, 1.807) is 0 Å². The van der Waals surface area contributed by atoms with Gasteiger partial charge in [-0.15, -0.1) is 22.4 Å². The Hall–Kier alpha value is -3.47. The van der Waals surface area contributed by atoms with Crippen LogP contribution in [0.5, 0.6) is 5.75 Å². The molecule has 4 nitrogen and oxygen atoms in total. The van der Waals surface area contributed by atoms with Gasteiger partial charge in [-0.2, -0.15) is 23.0 Å². The highest BCUT2D eigenvalue weighted by molar-refractivity contribution is 7.59. The van der Waals surface area contributed by atoms with Gasteiger partial charge in [0.05, 0.1) is 11.6 Å². The molecule has 1 atom stereocenters. The molecule has 2 heterocycles. The zero-order valence-electron chi connectivity index (χ0n) is 20.1. The van der Waals surface area contributed by atoms with Crippen molar-refractivity contribution in [1.82, 2.24) is 0 Å². The first-order valence-electron chi connectivity index (χ1n) is 11.5. The lowest BCUT2D eigenvalue weighted by atomic mass is 9.94. The fraction of sp³-hybridized carbons (Fsp3) is 0.207. The highest BCUT2D eigenvalue weighted by Gasteiger charge is 2.17. The number of nitrogens with zero attached hydrogens (tertiary/aromatic N) is 3. The Morgan fingerprint density at radius 1 is 1.08 bits per heavy atom. The van der Waals surface area contributed by atoms with Crippen LogP contribution in [0.3, 0.4) is 0 Å². The second-order valence-corrected chi connectivity index (χ2v) is 9.46. The van der Waals surface area contributed by atoms with Crippen molar-refractivity contribution >= 4 is 40.6 Å². The summed E-state index contributed by atoms with van der Waals surface area (Å²) in [6.07, 6.45) is 0.717. The van der Waals surface area contributed by atoms with E-state index >= 15 is 0 Å². The Balaban J connectivity index is 0.00000304. The van der Waals surface area contributed by atoms with Crippen LogP contribution in [0, 0.1) is 23.9 Å². The predicted molar refractivity (Wildman–Crippen MR) is 151 cm³/mol. The highest BCUT2D eigenvalue weighted by atomic mass is 32.1. The van der Waals surface area contributed by atoms with Crippen LogP contribution in [-0.4, -0.2) is 12.3 Å². The van der Waals surface area contributed by atoms with Gasteiger partial charge in [-0.3, -0.25) is 0 Å². The van der Waals surface area contributed by atoms with Crippen molar-refractivity contribution in [1.29, 1.82) is 0 Å². The van der Waals surface area contributed by atoms with E-state index in [-0.39, 0.29) is 24.5 Å². The minimum Gasteiger partial charge on any atom is -0.489 e. The Labute approximate surface area is 221 Å². The molecule has 0 unspecified atom stereocenters. The Morgan fingerprint density at radius 3 is 2.61 bits per heavy atom. The minimum atomic E-state index is -0.154. The van der Waals surface area contributed by atoms with Gasteiger partial charge in [-0.05, 0) is 65.6 Å². The first kappa shape index (κ1) is 25.6. The molecule has 0 fully saturated rings. The molecule has 0 aliphatic carbocycles. The number of hydrogen-bond donors (Lipinski definition) is 0. The molecule has 0 saturated carbocycles. The number of benzene rings is 3. The van der Waals surface area contributed by atoms with Crippen LogP contribution in [0.15, 0.2) is 82.2 Å². The maximum Gasteiger partial charge on any atom is 0.185 e. The van der Waals surface area contributed by atoms with Crippen molar-refractivity contribution in [3.05, 3.63) is 88.6 Å². The fourth-order valence-electron chi connectivity index (χ4n) is 4.28. The first-order valence-corrected chi connectivity index (χ1v) is 12.3. The molecule has 0 N–H and O–H groups in total. The number of thiophene rings is 1. The van der Waals surface area contributed by atoms with Gasteiger partial charge < -0.3 is 4.74 Å². The van der Waals surface area contributed by atoms with Crippen LogP contribution in [0.4, 0.5) is 4.39 Å². The number of aryl methyl sites for hydroxylation is 1. The maximum absolute atomic E-state index is 14.9. The normalized spacial score (nSPS) is 13.0. The van der Waals surface area contributed by atoms with Crippen LogP contribution in [0.2, 0.25) is 0 Å².